The lowest BCUT2D eigenvalue weighted by Crippen LogP contribution is -2.12. The molecule has 2 N–H and O–H groups in total. The van der Waals surface area contributed by atoms with E-state index in [1.807, 2.05) is 12.1 Å². The number of benzene rings is 2. The molecule has 3 aromatic rings. The molecule has 2 aromatic carbocycles. The van der Waals surface area contributed by atoms with Crippen LogP contribution < -0.4 is 10.6 Å². The standard InChI is InChI=1S/C25H28FN3O3S/c1-16(2)4-7-19-12-20(26)10-11-22(19)27-14-17-5-8-18(9-6-17)24(31)29-25-28-21(15-33-25)13-23(30)32-3/h5-6,8-12,15-16,27H,4,7,13-14H2,1-3H3,(H,28,29,31). The second kappa shape index (κ2) is 11.6. The summed E-state index contributed by atoms with van der Waals surface area (Å²) < 4.78 is 18.3. The number of carbonyl (C=O) groups excluding carboxylic acids is 2. The highest BCUT2D eigenvalue weighted by Gasteiger charge is 2.12. The van der Waals surface area contributed by atoms with E-state index < -0.39 is 0 Å². The third-order valence-corrected chi connectivity index (χ3v) is 5.89. The smallest absolute Gasteiger partial charge is 0.311 e. The van der Waals surface area contributed by atoms with Crippen LogP contribution in [0.25, 0.3) is 0 Å². The average Bonchev–Trinajstić information content (AvgIpc) is 3.23. The Morgan fingerprint density at radius 2 is 1.91 bits per heavy atom. The molecule has 8 heteroatoms. The first-order valence-electron chi connectivity index (χ1n) is 10.8. The number of thiazole rings is 1. The van der Waals surface area contributed by atoms with E-state index in [1.165, 1.54) is 24.5 Å². The number of halogens is 1. The number of hydrogen-bond donors (Lipinski definition) is 2. The third kappa shape index (κ3) is 7.39. The predicted molar refractivity (Wildman–Crippen MR) is 129 cm³/mol. The van der Waals surface area contributed by atoms with Gasteiger partial charge in [-0.1, -0.05) is 26.0 Å². The number of aromatic nitrogens is 1. The molecule has 3 rings (SSSR count). The van der Waals surface area contributed by atoms with Gasteiger partial charge in [-0.05, 0) is 60.2 Å². The molecule has 1 aromatic heterocycles. The number of amides is 1. The molecule has 0 fully saturated rings. The fraction of sp³-hybridized carbons (Fsp3) is 0.320. The van der Waals surface area contributed by atoms with E-state index in [2.05, 4.69) is 34.2 Å². The van der Waals surface area contributed by atoms with Gasteiger partial charge in [-0.3, -0.25) is 14.9 Å². The molecule has 0 saturated heterocycles. The fourth-order valence-corrected chi connectivity index (χ4v) is 3.90. The molecule has 1 heterocycles. The van der Waals surface area contributed by atoms with Crippen molar-refractivity contribution in [3.05, 3.63) is 76.0 Å². The van der Waals surface area contributed by atoms with E-state index >= 15 is 0 Å². The van der Waals surface area contributed by atoms with E-state index in [0.717, 1.165) is 29.7 Å². The van der Waals surface area contributed by atoms with Crippen LogP contribution in [0, 0.1) is 11.7 Å². The number of methoxy groups -OCH3 is 1. The third-order valence-electron chi connectivity index (χ3n) is 5.08. The van der Waals surface area contributed by atoms with Crippen molar-refractivity contribution < 1.29 is 18.7 Å². The molecule has 0 saturated carbocycles. The Hall–Kier alpha value is -3.26. The minimum absolute atomic E-state index is 0.0673. The van der Waals surface area contributed by atoms with Crippen LogP contribution in [0.5, 0.6) is 0 Å². The largest absolute Gasteiger partial charge is 0.469 e. The summed E-state index contributed by atoms with van der Waals surface area (Å²) in [5.74, 6) is -0.339. The highest BCUT2D eigenvalue weighted by Crippen LogP contribution is 2.22. The van der Waals surface area contributed by atoms with E-state index in [-0.39, 0.29) is 24.1 Å². The lowest BCUT2D eigenvalue weighted by atomic mass is 10.0. The molecule has 0 aliphatic rings. The Bertz CT molecular complexity index is 1100. The van der Waals surface area contributed by atoms with Crippen molar-refractivity contribution in [1.82, 2.24) is 4.98 Å². The van der Waals surface area contributed by atoms with Gasteiger partial charge in [-0.15, -0.1) is 11.3 Å². The number of ether oxygens (including phenoxy) is 1. The van der Waals surface area contributed by atoms with Gasteiger partial charge in [0.05, 0.1) is 19.2 Å². The number of hydrogen-bond acceptors (Lipinski definition) is 6. The molecule has 0 unspecified atom stereocenters. The molecular weight excluding hydrogens is 441 g/mol. The van der Waals surface area contributed by atoms with Gasteiger partial charge in [0.15, 0.2) is 5.13 Å². The average molecular weight is 470 g/mol. The fourth-order valence-electron chi connectivity index (χ4n) is 3.19. The summed E-state index contributed by atoms with van der Waals surface area (Å²) in [6, 6.07) is 12.1. The van der Waals surface area contributed by atoms with Crippen LogP contribution in [-0.2, 0) is 28.9 Å². The van der Waals surface area contributed by atoms with Gasteiger partial charge in [-0.2, -0.15) is 0 Å². The first-order valence-corrected chi connectivity index (χ1v) is 11.7. The highest BCUT2D eigenvalue weighted by molar-refractivity contribution is 7.14. The maximum absolute atomic E-state index is 13.7. The molecule has 0 radical (unpaired) electrons. The molecule has 0 atom stereocenters. The van der Waals surface area contributed by atoms with E-state index in [1.54, 1.807) is 29.6 Å². The number of anilines is 2. The first kappa shape index (κ1) is 24.4. The van der Waals surface area contributed by atoms with Crippen LogP contribution in [0.15, 0.2) is 47.8 Å². The lowest BCUT2D eigenvalue weighted by Gasteiger charge is -2.14. The molecule has 174 valence electrons. The molecule has 0 aliphatic heterocycles. The summed E-state index contributed by atoms with van der Waals surface area (Å²) in [7, 11) is 1.32. The van der Waals surface area contributed by atoms with Gasteiger partial charge >= 0.3 is 5.97 Å². The quantitative estimate of drug-likeness (QED) is 0.386. The van der Waals surface area contributed by atoms with Crippen LogP contribution in [0.1, 0.15) is 47.4 Å². The zero-order chi connectivity index (χ0) is 23.8. The molecule has 0 bridgehead atoms. The van der Waals surface area contributed by atoms with Gasteiger partial charge in [-0.25, -0.2) is 9.37 Å². The maximum Gasteiger partial charge on any atom is 0.311 e. The molecule has 6 nitrogen and oxygen atoms in total. The molecule has 1 amide bonds. The van der Waals surface area contributed by atoms with Crippen molar-refractivity contribution in [2.45, 2.75) is 39.7 Å². The number of nitrogens with one attached hydrogen (secondary N) is 2. The molecule has 33 heavy (non-hydrogen) atoms. The number of rotatable bonds is 10. The Balaban J connectivity index is 1.57. The van der Waals surface area contributed by atoms with Gasteiger partial charge in [0.1, 0.15) is 5.82 Å². The zero-order valence-corrected chi connectivity index (χ0v) is 19.8. The van der Waals surface area contributed by atoms with Crippen LogP contribution in [0.2, 0.25) is 0 Å². The van der Waals surface area contributed by atoms with Gasteiger partial charge in [0.2, 0.25) is 0 Å². The summed E-state index contributed by atoms with van der Waals surface area (Å²) in [5, 5.41) is 8.27. The first-order chi connectivity index (χ1) is 15.8. The minimum atomic E-state index is -0.380. The van der Waals surface area contributed by atoms with Crippen molar-refractivity contribution in [1.29, 1.82) is 0 Å². The molecular formula is C25H28FN3O3S. The zero-order valence-electron chi connectivity index (χ0n) is 19.0. The monoisotopic (exact) mass is 469 g/mol. The van der Waals surface area contributed by atoms with E-state index in [0.29, 0.717) is 28.9 Å². The summed E-state index contributed by atoms with van der Waals surface area (Å²) in [5.41, 5.74) is 3.94. The van der Waals surface area contributed by atoms with Crippen LogP contribution >= 0.6 is 11.3 Å². The van der Waals surface area contributed by atoms with Crippen molar-refractivity contribution in [2.75, 3.05) is 17.7 Å². The number of aryl methyl sites for hydroxylation is 1. The van der Waals surface area contributed by atoms with Crippen LogP contribution in [-0.4, -0.2) is 24.0 Å². The van der Waals surface area contributed by atoms with Gasteiger partial charge < -0.3 is 10.1 Å². The molecule has 0 aliphatic carbocycles. The van der Waals surface area contributed by atoms with Crippen molar-refractivity contribution in [3.8, 4) is 0 Å². The molecule has 0 spiro atoms. The second-order valence-electron chi connectivity index (χ2n) is 8.14. The van der Waals surface area contributed by atoms with Crippen molar-refractivity contribution in [2.24, 2.45) is 5.92 Å². The SMILES string of the molecule is COC(=O)Cc1csc(NC(=O)c2ccc(CNc3ccc(F)cc3CCC(C)C)cc2)n1. The van der Waals surface area contributed by atoms with Crippen LogP contribution in [0.3, 0.4) is 0 Å². The van der Waals surface area contributed by atoms with Gasteiger partial charge in [0.25, 0.3) is 5.91 Å². The normalized spacial score (nSPS) is 10.8. The van der Waals surface area contributed by atoms with Crippen LogP contribution in [0.4, 0.5) is 15.2 Å². The van der Waals surface area contributed by atoms with Gasteiger partial charge in [0, 0.05) is 23.2 Å². The summed E-state index contributed by atoms with van der Waals surface area (Å²) in [4.78, 5) is 28.1. The number of carbonyl (C=O) groups is 2. The Morgan fingerprint density at radius 3 is 2.61 bits per heavy atom. The predicted octanol–water partition coefficient (Wildman–Crippen LogP) is 5.45. The summed E-state index contributed by atoms with van der Waals surface area (Å²) >= 11 is 1.25. The summed E-state index contributed by atoms with van der Waals surface area (Å²) in [6.45, 7) is 4.87. The number of esters is 1. The Labute approximate surface area is 197 Å². The highest BCUT2D eigenvalue weighted by atomic mass is 32.1. The topological polar surface area (TPSA) is 80.3 Å². The Morgan fingerprint density at radius 1 is 1.15 bits per heavy atom. The minimum Gasteiger partial charge on any atom is -0.469 e. The summed E-state index contributed by atoms with van der Waals surface area (Å²) in [6.07, 6.45) is 1.87. The van der Waals surface area contributed by atoms with E-state index in [4.69, 9.17) is 0 Å². The van der Waals surface area contributed by atoms with Crippen molar-refractivity contribution >= 4 is 34.0 Å². The Kier molecular flexibility index (Phi) is 8.54. The van der Waals surface area contributed by atoms with E-state index in [9.17, 15) is 14.0 Å². The van der Waals surface area contributed by atoms with Crippen molar-refractivity contribution in [3.63, 3.8) is 0 Å². The lowest BCUT2D eigenvalue weighted by molar-refractivity contribution is -0.139. The maximum atomic E-state index is 13.7. The number of nitrogens with zero attached hydrogens (tertiary/aromatic N) is 1. The second-order valence-corrected chi connectivity index (χ2v) is 8.99.